The summed E-state index contributed by atoms with van der Waals surface area (Å²) in [7, 11) is 0. The van der Waals surface area contributed by atoms with Crippen molar-refractivity contribution in [1.29, 1.82) is 0 Å². The van der Waals surface area contributed by atoms with Crippen LogP contribution in [0, 0.1) is 0 Å². The van der Waals surface area contributed by atoms with Gasteiger partial charge in [-0.2, -0.15) is 0 Å². The average Bonchev–Trinajstić information content (AvgIpc) is 2.38. The van der Waals surface area contributed by atoms with E-state index in [1.54, 1.807) is 6.07 Å². The van der Waals surface area contributed by atoms with E-state index in [9.17, 15) is 0 Å². The van der Waals surface area contributed by atoms with Crippen LogP contribution in [-0.2, 0) is 0 Å². The molecule has 6 heteroatoms. The van der Waals surface area contributed by atoms with E-state index in [0.717, 1.165) is 11.4 Å². The molecule has 2 rings (SSSR count). The largest absolute Gasteiger partial charge is 0.383 e. The Bertz CT molecular complexity index is 567. The minimum atomic E-state index is 0.266. The molecule has 20 heavy (non-hydrogen) atoms. The number of nitrogen functional groups attached to an aromatic ring is 2. The molecule has 1 aromatic carbocycles. The number of hydrogen-bond acceptors (Lipinski definition) is 6. The van der Waals surface area contributed by atoms with Crippen LogP contribution in [-0.4, -0.2) is 16.5 Å². The van der Waals surface area contributed by atoms with E-state index < -0.39 is 0 Å². The molecule has 106 valence electrons. The van der Waals surface area contributed by atoms with Crippen LogP contribution >= 0.6 is 11.8 Å². The Balaban J connectivity index is 2.29. The summed E-state index contributed by atoms with van der Waals surface area (Å²) in [5, 5.41) is 3.98. The Morgan fingerprint density at radius 2 is 1.85 bits per heavy atom. The summed E-state index contributed by atoms with van der Waals surface area (Å²) in [4.78, 5) is 9.51. The van der Waals surface area contributed by atoms with Crippen molar-refractivity contribution in [3.05, 3.63) is 35.9 Å². The quantitative estimate of drug-likeness (QED) is 0.733. The number of hydrogen-bond donors (Lipinski definition) is 3. The molecule has 0 amide bonds. The molecule has 2 aromatic rings. The highest BCUT2D eigenvalue weighted by Crippen LogP contribution is 2.31. The van der Waals surface area contributed by atoms with Crippen LogP contribution in [0.25, 0.3) is 0 Å². The van der Waals surface area contributed by atoms with Crippen molar-refractivity contribution in [2.24, 2.45) is 0 Å². The summed E-state index contributed by atoms with van der Waals surface area (Å²) >= 11 is 1.47. The van der Waals surface area contributed by atoms with Gasteiger partial charge in [0.05, 0.1) is 0 Å². The molecule has 0 saturated heterocycles. The molecule has 0 aliphatic rings. The van der Waals surface area contributed by atoms with Gasteiger partial charge < -0.3 is 16.8 Å². The number of nitrogens with two attached hydrogens (primary N) is 2. The zero-order valence-corrected chi connectivity index (χ0v) is 12.4. The molecule has 0 bridgehead atoms. The van der Waals surface area contributed by atoms with Gasteiger partial charge in [0, 0.05) is 17.0 Å². The Hall–Kier alpha value is -1.79. The number of nitrogens with one attached hydrogen (secondary N) is 1. The van der Waals surface area contributed by atoms with Crippen LogP contribution in [0.4, 0.5) is 11.6 Å². The lowest BCUT2D eigenvalue weighted by molar-refractivity contribution is 0.590. The normalized spacial score (nSPS) is 12.3. The van der Waals surface area contributed by atoms with Crippen LogP contribution in [0.15, 0.2) is 40.4 Å². The van der Waals surface area contributed by atoms with Gasteiger partial charge in [-0.15, -0.1) is 0 Å². The standard InChI is InChI=1S/C14H19N5S/c1-3-17-9(2)10-6-4-5-7-11(10)20-14-18-12(15)8-13(16)19-14/h4-9,17H,3H2,1-2H3,(H4,15,16,18,19). The first-order valence-electron chi connectivity index (χ1n) is 6.50. The average molecular weight is 289 g/mol. The van der Waals surface area contributed by atoms with Crippen molar-refractivity contribution in [1.82, 2.24) is 15.3 Å². The monoisotopic (exact) mass is 289 g/mol. The molecule has 1 heterocycles. The second-order valence-electron chi connectivity index (χ2n) is 4.42. The summed E-state index contributed by atoms with van der Waals surface area (Å²) in [6, 6.07) is 10.0. The Morgan fingerprint density at radius 1 is 1.20 bits per heavy atom. The van der Waals surface area contributed by atoms with E-state index in [-0.39, 0.29) is 6.04 Å². The lowest BCUT2D eigenvalue weighted by Crippen LogP contribution is -2.18. The van der Waals surface area contributed by atoms with Gasteiger partial charge in [-0.1, -0.05) is 25.1 Å². The number of aromatic nitrogens is 2. The van der Waals surface area contributed by atoms with Crippen LogP contribution in [0.3, 0.4) is 0 Å². The molecule has 1 atom stereocenters. The van der Waals surface area contributed by atoms with E-state index in [4.69, 9.17) is 11.5 Å². The van der Waals surface area contributed by atoms with Crippen molar-refractivity contribution >= 4 is 23.4 Å². The van der Waals surface area contributed by atoms with E-state index in [0.29, 0.717) is 16.8 Å². The SMILES string of the molecule is CCNC(C)c1ccccc1Sc1nc(N)cc(N)n1. The minimum absolute atomic E-state index is 0.266. The van der Waals surface area contributed by atoms with Crippen molar-refractivity contribution in [2.45, 2.75) is 29.9 Å². The fraction of sp³-hybridized carbons (Fsp3) is 0.286. The summed E-state index contributed by atoms with van der Waals surface area (Å²) < 4.78 is 0. The fourth-order valence-corrected chi connectivity index (χ4v) is 2.96. The third-order valence-electron chi connectivity index (χ3n) is 2.84. The molecule has 0 spiro atoms. The zero-order valence-electron chi connectivity index (χ0n) is 11.6. The molecular weight excluding hydrogens is 270 g/mol. The third kappa shape index (κ3) is 3.61. The maximum absolute atomic E-state index is 5.70. The molecule has 0 saturated carbocycles. The summed E-state index contributed by atoms with van der Waals surface area (Å²) in [6.45, 7) is 5.15. The van der Waals surface area contributed by atoms with Gasteiger partial charge >= 0.3 is 0 Å². The Morgan fingerprint density at radius 3 is 2.50 bits per heavy atom. The predicted molar refractivity (Wildman–Crippen MR) is 83.5 cm³/mol. The molecule has 1 aromatic heterocycles. The van der Waals surface area contributed by atoms with Crippen LogP contribution in [0.5, 0.6) is 0 Å². The molecule has 5 nitrogen and oxygen atoms in total. The number of benzene rings is 1. The summed E-state index contributed by atoms with van der Waals surface area (Å²) in [5.41, 5.74) is 12.6. The maximum Gasteiger partial charge on any atom is 0.196 e. The van der Waals surface area contributed by atoms with E-state index in [1.165, 1.54) is 17.3 Å². The van der Waals surface area contributed by atoms with Crippen molar-refractivity contribution in [3.63, 3.8) is 0 Å². The van der Waals surface area contributed by atoms with Gasteiger partial charge in [-0.25, -0.2) is 9.97 Å². The van der Waals surface area contributed by atoms with E-state index in [2.05, 4.69) is 41.3 Å². The smallest absolute Gasteiger partial charge is 0.196 e. The lowest BCUT2D eigenvalue weighted by Gasteiger charge is -2.16. The molecule has 1 unspecified atom stereocenters. The van der Waals surface area contributed by atoms with Crippen LogP contribution in [0.2, 0.25) is 0 Å². The first kappa shape index (κ1) is 14.6. The minimum Gasteiger partial charge on any atom is -0.383 e. The van der Waals surface area contributed by atoms with Crippen LogP contribution < -0.4 is 16.8 Å². The molecular formula is C14H19N5S. The highest BCUT2D eigenvalue weighted by molar-refractivity contribution is 7.99. The van der Waals surface area contributed by atoms with Gasteiger partial charge in [0.25, 0.3) is 0 Å². The first-order chi connectivity index (χ1) is 9.60. The number of nitrogens with zero attached hydrogens (tertiary/aromatic N) is 2. The second kappa shape index (κ2) is 6.58. The highest BCUT2D eigenvalue weighted by Gasteiger charge is 2.12. The lowest BCUT2D eigenvalue weighted by atomic mass is 10.1. The molecule has 0 aliphatic carbocycles. The van der Waals surface area contributed by atoms with Crippen molar-refractivity contribution in [2.75, 3.05) is 18.0 Å². The fourth-order valence-electron chi connectivity index (χ4n) is 1.95. The molecule has 0 radical (unpaired) electrons. The molecule has 0 fully saturated rings. The van der Waals surface area contributed by atoms with E-state index >= 15 is 0 Å². The third-order valence-corrected chi connectivity index (χ3v) is 3.80. The van der Waals surface area contributed by atoms with Gasteiger partial charge in [0.1, 0.15) is 11.6 Å². The Labute approximate surface area is 123 Å². The van der Waals surface area contributed by atoms with Gasteiger partial charge in [0.2, 0.25) is 0 Å². The predicted octanol–water partition coefficient (Wildman–Crippen LogP) is 2.46. The number of anilines is 2. The van der Waals surface area contributed by atoms with Gasteiger partial charge in [-0.3, -0.25) is 0 Å². The van der Waals surface area contributed by atoms with E-state index in [1.807, 2.05) is 12.1 Å². The van der Waals surface area contributed by atoms with Crippen molar-refractivity contribution < 1.29 is 0 Å². The second-order valence-corrected chi connectivity index (χ2v) is 5.43. The number of rotatable bonds is 5. The zero-order chi connectivity index (χ0) is 14.5. The Kier molecular flexibility index (Phi) is 4.81. The first-order valence-corrected chi connectivity index (χ1v) is 7.32. The maximum atomic E-state index is 5.70. The van der Waals surface area contributed by atoms with Crippen molar-refractivity contribution in [3.8, 4) is 0 Å². The molecule has 0 aliphatic heterocycles. The summed E-state index contributed by atoms with van der Waals surface area (Å²) in [6.07, 6.45) is 0. The molecule has 5 N–H and O–H groups in total. The topological polar surface area (TPSA) is 89.8 Å². The summed E-state index contributed by atoms with van der Waals surface area (Å²) in [5.74, 6) is 0.773. The van der Waals surface area contributed by atoms with Gasteiger partial charge in [0.15, 0.2) is 5.16 Å². The highest BCUT2D eigenvalue weighted by atomic mass is 32.2. The van der Waals surface area contributed by atoms with Gasteiger partial charge in [-0.05, 0) is 36.9 Å². The van der Waals surface area contributed by atoms with Crippen LogP contribution in [0.1, 0.15) is 25.5 Å².